The highest BCUT2D eigenvalue weighted by molar-refractivity contribution is 5.15. The first-order valence-corrected chi connectivity index (χ1v) is 5.12. The number of rotatable bonds is 2. The Kier molecular flexibility index (Phi) is 6.13. The predicted octanol–water partition coefficient (Wildman–Crippen LogP) is 2.42. The number of hydrogen-bond acceptors (Lipinski definition) is 2. The number of benzene rings is 1. The molecule has 0 aliphatic heterocycles. The van der Waals surface area contributed by atoms with Crippen LogP contribution in [0.4, 0.5) is 4.39 Å². The third-order valence-electron chi connectivity index (χ3n) is 2.04. The van der Waals surface area contributed by atoms with Crippen molar-refractivity contribution in [2.75, 3.05) is 0 Å². The maximum Gasteiger partial charge on any atom is 0.123 e. The van der Waals surface area contributed by atoms with Crippen molar-refractivity contribution in [3.8, 4) is 0 Å². The zero-order chi connectivity index (χ0) is 11.9. The van der Waals surface area contributed by atoms with Crippen LogP contribution in [0.15, 0.2) is 24.3 Å². The number of hydrogen-bond donors (Lipinski definition) is 2. The summed E-state index contributed by atoms with van der Waals surface area (Å²) >= 11 is 0. The fourth-order valence-electron chi connectivity index (χ4n) is 0.664. The minimum absolute atomic E-state index is 0.0417. The normalized spacial score (nSPS) is 10.5. The quantitative estimate of drug-likeness (QED) is 0.791. The van der Waals surface area contributed by atoms with Gasteiger partial charge in [0, 0.05) is 12.1 Å². The molecule has 0 saturated carbocycles. The Morgan fingerprint density at radius 3 is 2.13 bits per heavy atom. The molecule has 0 bridgehead atoms. The lowest BCUT2D eigenvalue weighted by Crippen LogP contribution is -2.30. The first-order valence-electron chi connectivity index (χ1n) is 5.12. The van der Waals surface area contributed by atoms with Gasteiger partial charge in [-0.15, -0.1) is 0 Å². The molecule has 0 aromatic heterocycles. The van der Waals surface area contributed by atoms with Crippen LogP contribution in [0.2, 0.25) is 0 Å². The van der Waals surface area contributed by atoms with Crippen molar-refractivity contribution in [2.24, 2.45) is 11.5 Å². The molecule has 0 saturated heterocycles. The molecule has 0 radical (unpaired) electrons. The van der Waals surface area contributed by atoms with Crippen molar-refractivity contribution in [2.45, 2.75) is 39.3 Å². The van der Waals surface area contributed by atoms with Gasteiger partial charge in [0.25, 0.3) is 0 Å². The molecule has 0 aliphatic carbocycles. The second-order valence-electron chi connectivity index (χ2n) is 4.18. The summed E-state index contributed by atoms with van der Waals surface area (Å²) in [5, 5.41) is 0. The van der Waals surface area contributed by atoms with E-state index >= 15 is 0 Å². The van der Waals surface area contributed by atoms with Gasteiger partial charge in [-0.05, 0) is 38.0 Å². The Hall–Kier alpha value is -0.930. The third kappa shape index (κ3) is 8.09. The van der Waals surface area contributed by atoms with E-state index in [-0.39, 0.29) is 11.4 Å². The highest BCUT2D eigenvalue weighted by Gasteiger charge is 2.03. The fraction of sp³-hybridized carbons (Fsp3) is 0.500. The lowest BCUT2D eigenvalue weighted by atomic mass is 10.1. The first-order chi connectivity index (χ1) is 6.89. The van der Waals surface area contributed by atoms with Gasteiger partial charge >= 0.3 is 0 Å². The summed E-state index contributed by atoms with van der Waals surface area (Å²) in [6.45, 7) is 6.53. The van der Waals surface area contributed by atoms with Gasteiger partial charge < -0.3 is 11.5 Å². The molecule has 1 aromatic carbocycles. The van der Waals surface area contributed by atoms with Crippen molar-refractivity contribution < 1.29 is 4.39 Å². The van der Waals surface area contributed by atoms with Crippen LogP contribution in [0.25, 0.3) is 0 Å². The average molecular weight is 212 g/mol. The largest absolute Gasteiger partial charge is 0.326 e. The van der Waals surface area contributed by atoms with E-state index in [1.165, 1.54) is 12.1 Å². The molecule has 0 atom stereocenters. The molecule has 0 heterocycles. The summed E-state index contributed by atoms with van der Waals surface area (Å²) in [5.74, 6) is -0.224. The topological polar surface area (TPSA) is 52.0 Å². The van der Waals surface area contributed by atoms with Gasteiger partial charge in [-0.25, -0.2) is 4.39 Å². The van der Waals surface area contributed by atoms with Gasteiger partial charge in [-0.2, -0.15) is 0 Å². The average Bonchev–Trinajstić information content (AvgIpc) is 2.18. The van der Waals surface area contributed by atoms with E-state index in [1.54, 1.807) is 12.1 Å². The second kappa shape index (κ2) is 6.53. The zero-order valence-corrected chi connectivity index (χ0v) is 9.76. The van der Waals surface area contributed by atoms with Crippen LogP contribution in [-0.4, -0.2) is 5.54 Å². The molecule has 1 rings (SSSR count). The van der Waals surface area contributed by atoms with Gasteiger partial charge in [0.15, 0.2) is 0 Å². The molecule has 3 heteroatoms. The van der Waals surface area contributed by atoms with Crippen LogP contribution in [0.1, 0.15) is 32.8 Å². The molecular weight excluding hydrogens is 191 g/mol. The van der Waals surface area contributed by atoms with Crippen molar-refractivity contribution in [1.29, 1.82) is 0 Å². The first kappa shape index (κ1) is 14.1. The minimum atomic E-state index is -0.224. The van der Waals surface area contributed by atoms with Crippen molar-refractivity contribution in [1.82, 2.24) is 0 Å². The molecule has 86 valence electrons. The van der Waals surface area contributed by atoms with E-state index in [0.29, 0.717) is 6.54 Å². The Morgan fingerprint density at radius 2 is 1.87 bits per heavy atom. The minimum Gasteiger partial charge on any atom is -0.326 e. The summed E-state index contributed by atoms with van der Waals surface area (Å²) in [6, 6.07) is 6.28. The fourth-order valence-corrected chi connectivity index (χ4v) is 0.664. The SMILES string of the molecule is CCC(C)(C)N.NCc1cccc(F)c1. The molecule has 2 nitrogen and oxygen atoms in total. The van der Waals surface area contributed by atoms with Gasteiger partial charge in [0.1, 0.15) is 5.82 Å². The smallest absolute Gasteiger partial charge is 0.123 e. The summed E-state index contributed by atoms with van der Waals surface area (Å²) < 4.78 is 12.3. The van der Waals surface area contributed by atoms with Crippen LogP contribution in [0.3, 0.4) is 0 Å². The van der Waals surface area contributed by atoms with Crippen LogP contribution >= 0.6 is 0 Å². The molecule has 0 spiro atoms. The van der Waals surface area contributed by atoms with E-state index in [0.717, 1.165) is 12.0 Å². The Balaban J connectivity index is 0.000000288. The lowest BCUT2D eigenvalue weighted by molar-refractivity contribution is 0.501. The molecule has 15 heavy (non-hydrogen) atoms. The van der Waals surface area contributed by atoms with E-state index in [1.807, 2.05) is 13.8 Å². The van der Waals surface area contributed by atoms with E-state index in [9.17, 15) is 4.39 Å². The maximum atomic E-state index is 12.3. The Morgan fingerprint density at radius 1 is 1.33 bits per heavy atom. The van der Waals surface area contributed by atoms with Crippen LogP contribution in [0.5, 0.6) is 0 Å². The molecular formula is C12H21FN2. The van der Waals surface area contributed by atoms with Crippen molar-refractivity contribution in [3.05, 3.63) is 35.6 Å². The zero-order valence-electron chi connectivity index (χ0n) is 9.76. The number of nitrogens with two attached hydrogens (primary N) is 2. The van der Waals surface area contributed by atoms with E-state index in [2.05, 4.69) is 6.92 Å². The molecule has 4 N–H and O–H groups in total. The summed E-state index contributed by atoms with van der Waals surface area (Å²) in [5.41, 5.74) is 11.7. The number of halogens is 1. The molecule has 0 amide bonds. The highest BCUT2D eigenvalue weighted by atomic mass is 19.1. The standard InChI is InChI=1S/C7H8FN.C5H13N/c8-7-3-1-2-6(4-7)5-9;1-4-5(2,3)6/h1-4H,5,9H2;4,6H2,1-3H3. The van der Waals surface area contributed by atoms with Gasteiger partial charge in [-0.1, -0.05) is 19.1 Å². The molecule has 0 unspecified atom stereocenters. The van der Waals surface area contributed by atoms with Gasteiger partial charge in [0.05, 0.1) is 0 Å². The van der Waals surface area contributed by atoms with Crippen LogP contribution in [-0.2, 0) is 6.54 Å². The van der Waals surface area contributed by atoms with E-state index < -0.39 is 0 Å². The maximum absolute atomic E-state index is 12.3. The molecule has 0 aliphatic rings. The highest BCUT2D eigenvalue weighted by Crippen LogP contribution is 2.01. The van der Waals surface area contributed by atoms with Crippen molar-refractivity contribution in [3.63, 3.8) is 0 Å². The van der Waals surface area contributed by atoms with Gasteiger partial charge in [-0.3, -0.25) is 0 Å². The van der Waals surface area contributed by atoms with Crippen LogP contribution < -0.4 is 11.5 Å². The molecule has 0 fully saturated rings. The van der Waals surface area contributed by atoms with Crippen molar-refractivity contribution >= 4 is 0 Å². The van der Waals surface area contributed by atoms with Crippen LogP contribution in [0, 0.1) is 5.82 Å². The van der Waals surface area contributed by atoms with Gasteiger partial charge in [0.2, 0.25) is 0 Å². The summed E-state index contributed by atoms with van der Waals surface area (Å²) in [4.78, 5) is 0. The Labute approximate surface area is 91.5 Å². The lowest BCUT2D eigenvalue weighted by Gasteiger charge is -2.13. The predicted molar refractivity (Wildman–Crippen MR) is 62.8 cm³/mol. The monoisotopic (exact) mass is 212 g/mol. The Bertz CT molecular complexity index is 279. The summed E-state index contributed by atoms with van der Waals surface area (Å²) in [6.07, 6.45) is 1.05. The second-order valence-corrected chi connectivity index (χ2v) is 4.18. The molecule has 1 aromatic rings. The third-order valence-corrected chi connectivity index (χ3v) is 2.04. The summed E-state index contributed by atoms with van der Waals surface area (Å²) in [7, 11) is 0. The van der Waals surface area contributed by atoms with E-state index in [4.69, 9.17) is 11.5 Å².